The van der Waals surface area contributed by atoms with E-state index in [9.17, 15) is 4.79 Å². The fraction of sp³-hybridized carbons (Fsp3) is 0.192. The molecule has 1 unspecified atom stereocenters. The summed E-state index contributed by atoms with van der Waals surface area (Å²) < 4.78 is 6.36. The number of hydrogen-bond acceptors (Lipinski definition) is 2. The van der Waals surface area contributed by atoms with Gasteiger partial charge in [0.25, 0.3) is 5.91 Å². The third kappa shape index (κ3) is 4.96. The van der Waals surface area contributed by atoms with Crippen LogP contribution in [0.4, 0.5) is 5.69 Å². The highest BCUT2D eigenvalue weighted by Gasteiger charge is 2.28. The molecule has 0 aliphatic carbocycles. The monoisotopic (exact) mass is 485 g/mol. The summed E-state index contributed by atoms with van der Waals surface area (Å²) >= 11 is 18.3. The number of nitrogens with one attached hydrogen (secondary N) is 1. The largest absolute Gasteiger partial charge is 0.483 e. The van der Waals surface area contributed by atoms with Crippen LogP contribution in [0.1, 0.15) is 40.4 Å². The number of aryl methyl sites for hydroxylation is 2. The number of halogens is 3. The first-order valence-electron chi connectivity index (χ1n) is 10.3. The molecule has 4 rings (SSSR count). The summed E-state index contributed by atoms with van der Waals surface area (Å²) in [6, 6.07) is 17.2. The Kier molecular flexibility index (Phi) is 6.52. The quantitative estimate of drug-likeness (QED) is 0.396. The van der Waals surface area contributed by atoms with Crippen molar-refractivity contribution in [2.24, 2.45) is 0 Å². The lowest BCUT2D eigenvalue weighted by Gasteiger charge is -2.32. The molecule has 0 saturated heterocycles. The van der Waals surface area contributed by atoms with Gasteiger partial charge >= 0.3 is 0 Å². The highest BCUT2D eigenvalue weighted by Crippen LogP contribution is 2.37. The van der Waals surface area contributed by atoms with E-state index in [0.29, 0.717) is 10.7 Å². The van der Waals surface area contributed by atoms with Crippen LogP contribution >= 0.6 is 34.8 Å². The van der Waals surface area contributed by atoms with Gasteiger partial charge in [-0.15, -0.1) is 0 Å². The molecule has 3 nitrogen and oxygen atoms in total. The fourth-order valence-electron chi connectivity index (χ4n) is 3.72. The Morgan fingerprint density at radius 3 is 2.41 bits per heavy atom. The van der Waals surface area contributed by atoms with Gasteiger partial charge in [0.1, 0.15) is 11.4 Å². The van der Waals surface area contributed by atoms with Crippen molar-refractivity contribution in [1.82, 2.24) is 0 Å². The number of amides is 1. The molecule has 1 heterocycles. The Morgan fingerprint density at radius 2 is 1.72 bits per heavy atom. The van der Waals surface area contributed by atoms with Crippen LogP contribution in [0.15, 0.2) is 60.7 Å². The molecule has 1 amide bonds. The zero-order valence-corrected chi connectivity index (χ0v) is 20.0. The molecule has 164 valence electrons. The number of carbonyl (C=O) groups is 1. The van der Waals surface area contributed by atoms with Crippen LogP contribution < -0.4 is 10.1 Å². The average Bonchev–Trinajstić information content (AvgIpc) is 2.73. The molecule has 1 aliphatic rings. The maximum atomic E-state index is 12.8. The van der Waals surface area contributed by atoms with Gasteiger partial charge in [-0.1, -0.05) is 71.2 Å². The van der Waals surface area contributed by atoms with E-state index in [-0.39, 0.29) is 15.6 Å². The highest BCUT2D eigenvalue weighted by molar-refractivity contribution is 6.42. The van der Waals surface area contributed by atoms with Gasteiger partial charge in [0, 0.05) is 16.3 Å². The van der Waals surface area contributed by atoms with Crippen LogP contribution in [0.25, 0.3) is 6.08 Å². The van der Waals surface area contributed by atoms with Gasteiger partial charge in [-0.3, -0.25) is 4.79 Å². The van der Waals surface area contributed by atoms with Crippen molar-refractivity contribution in [3.05, 3.63) is 98.0 Å². The van der Waals surface area contributed by atoms with Crippen LogP contribution in [0.5, 0.6) is 5.75 Å². The van der Waals surface area contributed by atoms with E-state index in [4.69, 9.17) is 39.5 Å². The van der Waals surface area contributed by atoms with Crippen molar-refractivity contribution < 1.29 is 9.53 Å². The fourth-order valence-corrected chi connectivity index (χ4v) is 4.71. The maximum absolute atomic E-state index is 12.8. The molecule has 0 bridgehead atoms. The molecule has 3 aromatic rings. The average molecular weight is 487 g/mol. The summed E-state index contributed by atoms with van der Waals surface area (Å²) in [5, 5.41) is 3.68. The van der Waals surface area contributed by atoms with Crippen LogP contribution in [0.3, 0.4) is 0 Å². The second-order valence-corrected chi connectivity index (χ2v) is 9.39. The van der Waals surface area contributed by atoms with Crippen LogP contribution in [0, 0.1) is 6.92 Å². The molecule has 1 aliphatic heterocycles. The third-order valence-electron chi connectivity index (χ3n) is 5.55. The van der Waals surface area contributed by atoms with Crippen LogP contribution in [-0.4, -0.2) is 11.5 Å². The summed E-state index contributed by atoms with van der Waals surface area (Å²) in [6.45, 7) is 4.01. The molecule has 1 N–H and O–H groups in total. The Hall–Kier alpha value is -2.46. The van der Waals surface area contributed by atoms with Crippen molar-refractivity contribution in [3.8, 4) is 5.75 Å². The van der Waals surface area contributed by atoms with Crippen molar-refractivity contribution in [2.75, 3.05) is 5.32 Å². The minimum atomic E-state index is -0.398. The molecule has 0 aromatic heterocycles. The van der Waals surface area contributed by atoms with E-state index in [1.807, 2.05) is 43.3 Å². The molecule has 0 saturated carbocycles. The van der Waals surface area contributed by atoms with E-state index in [0.717, 1.165) is 29.7 Å². The third-order valence-corrected chi connectivity index (χ3v) is 6.36. The lowest BCUT2D eigenvalue weighted by Crippen LogP contribution is -2.32. The van der Waals surface area contributed by atoms with E-state index in [1.54, 1.807) is 0 Å². The number of fused-ring (bicyclic) bond motifs is 1. The van der Waals surface area contributed by atoms with Crippen LogP contribution in [-0.2, 0) is 6.42 Å². The summed E-state index contributed by atoms with van der Waals surface area (Å²) in [5.41, 5.74) is 3.51. The zero-order valence-electron chi connectivity index (χ0n) is 17.7. The smallest absolute Gasteiger partial charge is 0.258 e. The predicted octanol–water partition coefficient (Wildman–Crippen LogP) is 8.00. The molecule has 0 fully saturated rings. The van der Waals surface area contributed by atoms with Crippen LogP contribution in [0.2, 0.25) is 15.1 Å². The van der Waals surface area contributed by atoms with Gasteiger partial charge in [0.2, 0.25) is 0 Å². The van der Waals surface area contributed by atoms with Gasteiger partial charge in [0.15, 0.2) is 0 Å². The molecule has 3 aromatic carbocycles. The lowest BCUT2D eigenvalue weighted by molar-refractivity contribution is 0.102. The van der Waals surface area contributed by atoms with Gasteiger partial charge in [-0.25, -0.2) is 0 Å². The second-order valence-electron chi connectivity index (χ2n) is 8.14. The molecule has 1 atom stereocenters. The molecule has 0 spiro atoms. The van der Waals surface area contributed by atoms with Crippen molar-refractivity contribution in [2.45, 2.75) is 32.3 Å². The zero-order chi connectivity index (χ0) is 22.9. The summed E-state index contributed by atoms with van der Waals surface area (Å²) in [4.78, 5) is 12.8. The maximum Gasteiger partial charge on any atom is 0.258 e. The first-order chi connectivity index (χ1) is 15.2. The SMILES string of the molecule is Cc1cc2c(cc1NC(=O)c1c(Cl)cc(Cl)cc1Cl)C=CC(C)(CCc1ccccc1)O2. The van der Waals surface area contributed by atoms with Gasteiger partial charge in [-0.05, 0) is 68.2 Å². The van der Waals surface area contributed by atoms with E-state index in [2.05, 4.69) is 30.4 Å². The first kappa shape index (κ1) is 22.7. The number of benzene rings is 3. The van der Waals surface area contributed by atoms with E-state index >= 15 is 0 Å². The van der Waals surface area contributed by atoms with E-state index < -0.39 is 11.5 Å². The van der Waals surface area contributed by atoms with Gasteiger partial charge < -0.3 is 10.1 Å². The second kappa shape index (κ2) is 9.19. The highest BCUT2D eigenvalue weighted by atomic mass is 35.5. The first-order valence-corrected chi connectivity index (χ1v) is 11.4. The Labute approximate surface area is 203 Å². The number of ether oxygens (including phenoxy) is 1. The van der Waals surface area contributed by atoms with Crippen molar-refractivity contribution in [1.29, 1.82) is 0 Å². The molecule has 32 heavy (non-hydrogen) atoms. The minimum Gasteiger partial charge on any atom is -0.483 e. The Bertz CT molecular complexity index is 1180. The normalized spacial score (nSPS) is 16.9. The molecular formula is C26H22Cl3NO2. The minimum absolute atomic E-state index is 0.190. The Balaban J connectivity index is 1.52. The van der Waals surface area contributed by atoms with Crippen molar-refractivity contribution in [3.63, 3.8) is 0 Å². The van der Waals surface area contributed by atoms with Gasteiger partial charge in [0.05, 0.1) is 15.6 Å². The standard InChI is InChI=1S/C26H22Cl3NO2/c1-16-12-23-18(9-11-26(2,32-23)10-8-17-6-4-3-5-7-17)13-22(16)30-25(31)24-20(28)14-19(27)15-21(24)29/h3-7,9,11-15H,8,10H2,1-2H3,(H,30,31). The summed E-state index contributed by atoms with van der Waals surface area (Å²) in [7, 11) is 0. The molecule has 0 radical (unpaired) electrons. The summed E-state index contributed by atoms with van der Waals surface area (Å²) in [6.07, 6.45) is 5.90. The Morgan fingerprint density at radius 1 is 1.03 bits per heavy atom. The molecular weight excluding hydrogens is 465 g/mol. The number of hydrogen-bond donors (Lipinski definition) is 1. The van der Waals surface area contributed by atoms with E-state index in [1.165, 1.54) is 17.7 Å². The number of rotatable bonds is 5. The molecule has 6 heteroatoms. The number of anilines is 1. The predicted molar refractivity (Wildman–Crippen MR) is 133 cm³/mol. The topological polar surface area (TPSA) is 38.3 Å². The van der Waals surface area contributed by atoms with Gasteiger partial charge in [-0.2, -0.15) is 0 Å². The number of carbonyl (C=O) groups excluding carboxylic acids is 1. The lowest BCUT2D eigenvalue weighted by atomic mass is 9.92. The summed E-state index contributed by atoms with van der Waals surface area (Å²) in [5.74, 6) is 0.397. The van der Waals surface area contributed by atoms with Crippen molar-refractivity contribution >= 4 is 52.5 Å².